The van der Waals surface area contributed by atoms with Gasteiger partial charge in [-0.3, -0.25) is 4.79 Å². The van der Waals surface area contributed by atoms with E-state index in [4.69, 9.17) is 9.73 Å². The van der Waals surface area contributed by atoms with Crippen LogP contribution in [0.2, 0.25) is 0 Å². The number of para-hydroxylation sites is 1. The number of rotatable bonds is 1. The topological polar surface area (TPSA) is 45.1 Å². The van der Waals surface area contributed by atoms with E-state index in [9.17, 15) is 4.79 Å². The Kier molecular flexibility index (Phi) is 5.07. The zero-order valence-corrected chi connectivity index (χ0v) is 17.7. The van der Waals surface area contributed by atoms with Crippen molar-refractivity contribution < 1.29 is 9.53 Å². The van der Waals surface area contributed by atoms with Crippen LogP contribution in [0.1, 0.15) is 38.3 Å². The van der Waals surface area contributed by atoms with Crippen molar-refractivity contribution in [1.29, 1.82) is 0 Å². The quantitative estimate of drug-likeness (QED) is 0.704. The molecule has 2 heterocycles. The van der Waals surface area contributed by atoms with Crippen molar-refractivity contribution in [2.75, 3.05) is 26.2 Å². The molecule has 29 heavy (non-hydrogen) atoms. The van der Waals surface area contributed by atoms with Crippen LogP contribution >= 0.6 is 0 Å². The first-order valence-corrected chi connectivity index (χ1v) is 10.3. The minimum atomic E-state index is 0.0116. The monoisotopic (exact) mass is 391 g/mol. The molecule has 2 aromatic rings. The largest absolute Gasteiger partial charge is 0.454 e. The molecular formula is C24H29N3O2. The van der Waals surface area contributed by atoms with Crippen molar-refractivity contribution in [1.82, 2.24) is 9.80 Å². The van der Waals surface area contributed by atoms with Crippen LogP contribution in [-0.2, 0) is 4.79 Å². The van der Waals surface area contributed by atoms with Crippen molar-refractivity contribution in [2.24, 2.45) is 10.4 Å². The Bertz CT molecular complexity index is 951. The molecule has 0 saturated carbocycles. The molecule has 152 valence electrons. The van der Waals surface area contributed by atoms with Crippen molar-refractivity contribution in [2.45, 2.75) is 34.1 Å². The van der Waals surface area contributed by atoms with Crippen LogP contribution in [-0.4, -0.2) is 47.7 Å². The lowest BCUT2D eigenvalue weighted by atomic mass is 9.91. The lowest BCUT2D eigenvalue weighted by Gasteiger charge is -2.37. The Morgan fingerprint density at radius 1 is 1.03 bits per heavy atom. The first-order chi connectivity index (χ1) is 13.8. The first kappa shape index (κ1) is 19.5. The summed E-state index contributed by atoms with van der Waals surface area (Å²) in [5.41, 5.74) is 2.99. The molecule has 5 nitrogen and oxygen atoms in total. The fraction of sp³-hybridized carbons (Fsp3) is 0.417. The number of amides is 1. The predicted molar refractivity (Wildman–Crippen MR) is 116 cm³/mol. The Labute approximate surface area is 173 Å². The number of aryl methyl sites for hydroxylation is 1. The maximum Gasteiger partial charge on any atom is 0.223 e. The van der Waals surface area contributed by atoms with Crippen LogP contribution in [0, 0.1) is 12.3 Å². The molecule has 0 radical (unpaired) electrons. The van der Waals surface area contributed by atoms with Gasteiger partial charge in [-0.2, -0.15) is 0 Å². The molecule has 2 aliphatic heterocycles. The van der Waals surface area contributed by atoms with Crippen molar-refractivity contribution >= 4 is 17.4 Å². The van der Waals surface area contributed by atoms with Gasteiger partial charge in [-0.15, -0.1) is 0 Å². The Balaban J connectivity index is 1.59. The van der Waals surface area contributed by atoms with Crippen LogP contribution in [0.15, 0.2) is 47.5 Å². The molecule has 0 aliphatic carbocycles. The number of piperazine rings is 1. The maximum atomic E-state index is 12.6. The zero-order valence-electron chi connectivity index (χ0n) is 17.7. The van der Waals surface area contributed by atoms with Crippen molar-refractivity contribution in [3.8, 4) is 11.5 Å². The highest BCUT2D eigenvalue weighted by Gasteiger charge is 2.28. The molecule has 2 aromatic carbocycles. The molecule has 0 bridgehead atoms. The molecule has 4 rings (SSSR count). The Hall–Kier alpha value is -2.82. The van der Waals surface area contributed by atoms with E-state index in [0.717, 1.165) is 60.3 Å². The molecule has 0 atom stereocenters. The minimum Gasteiger partial charge on any atom is -0.454 e. The standard InChI is InChI=1S/C24H29N3O2/c1-17-9-10-19-21(15-17)29-20-8-6-5-7-18(20)23(25-19)27-13-11-26(12-14-27)22(28)16-24(2,3)4/h5-10,15H,11-14,16H2,1-4H3. The van der Waals surface area contributed by atoms with Gasteiger partial charge in [0.25, 0.3) is 0 Å². The fourth-order valence-electron chi connectivity index (χ4n) is 3.80. The third-order valence-corrected chi connectivity index (χ3v) is 5.30. The number of aliphatic imine (C=N–C) groups is 1. The van der Waals surface area contributed by atoms with Gasteiger partial charge in [-0.1, -0.05) is 39.0 Å². The lowest BCUT2D eigenvalue weighted by molar-refractivity contribution is -0.134. The van der Waals surface area contributed by atoms with E-state index in [-0.39, 0.29) is 11.3 Å². The number of hydrogen-bond donors (Lipinski definition) is 0. The van der Waals surface area contributed by atoms with Crippen LogP contribution < -0.4 is 4.74 Å². The highest BCUT2D eigenvalue weighted by atomic mass is 16.5. The molecule has 0 aromatic heterocycles. The summed E-state index contributed by atoms with van der Waals surface area (Å²) in [4.78, 5) is 21.9. The Morgan fingerprint density at radius 3 is 2.48 bits per heavy atom. The Morgan fingerprint density at radius 2 is 1.76 bits per heavy atom. The van der Waals surface area contributed by atoms with E-state index in [1.165, 1.54) is 0 Å². The van der Waals surface area contributed by atoms with E-state index in [1.807, 2.05) is 35.2 Å². The van der Waals surface area contributed by atoms with Crippen molar-refractivity contribution in [3.63, 3.8) is 0 Å². The number of benzene rings is 2. The smallest absolute Gasteiger partial charge is 0.223 e. The van der Waals surface area contributed by atoms with E-state index in [2.05, 4.69) is 44.7 Å². The molecule has 0 unspecified atom stereocenters. The molecule has 1 fully saturated rings. The second-order valence-electron chi connectivity index (χ2n) is 9.11. The highest BCUT2D eigenvalue weighted by Crippen LogP contribution is 2.38. The average molecular weight is 392 g/mol. The number of amidine groups is 1. The van der Waals surface area contributed by atoms with Crippen LogP contribution in [0.4, 0.5) is 5.69 Å². The van der Waals surface area contributed by atoms with Crippen LogP contribution in [0.5, 0.6) is 11.5 Å². The van der Waals surface area contributed by atoms with E-state index < -0.39 is 0 Å². The number of ether oxygens (including phenoxy) is 1. The maximum absolute atomic E-state index is 12.6. The second-order valence-corrected chi connectivity index (χ2v) is 9.11. The van der Waals surface area contributed by atoms with Gasteiger partial charge >= 0.3 is 0 Å². The third kappa shape index (κ3) is 4.29. The molecule has 1 saturated heterocycles. The summed E-state index contributed by atoms with van der Waals surface area (Å²) in [6, 6.07) is 14.2. The van der Waals surface area contributed by atoms with Crippen molar-refractivity contribution in [3.05, 3.63) is 53.6 Å². The third-order valence-electron chi connectivity index (χ3n) is 5.30. The van der Waals surface area contributed by atoms with Gasteiger partial charge in [0.2, 0.25) is 5.91 Å². The number of nitrogens with zero attached hydrogens (tertiary/aromatic N) is 3. The predicted octanol–water partition coefficient (Wildman–Crippen LogP) is 4.76. The van der Waals surface area contributed by atoms with Gasteiger partial charge in [0, 0.05) is 32.6 Å². The summed E-state index contributed by atoms with van der Waals surface area (Å²) in [7, 11) is 0. The molecule has 5 heteroatoms. The van der Waals surface area contributed by atoms with Gasteiger partial charge in [-0.05, 0) is 42.2 Å². The number of fused-ring (bicyclic) bond motifs is 2. The lowest BCUT2D eigenvalue weighted by Crippen LogP contribution is -2.51. The van der Waals surface area contributed by atoms with Gasteiger partial charge in [-0.25, -0.2) is 4.99 Å². The molecule has 1 amide bonds. The molecule has 0 spiro atoms. The average Bonchev–Trinajstić information content (AvgIpc) is 2.83. The van der Waals surface area contributed by atoms with Gasteiger partial charge < -0.3 is 14.5 Å². The van der Waals surface area contributed by atoms with Gasteiger partial charge in [0.05, 0.1) is 5.56 Å². The summed E-state index contributed by atoms with van der Waals surface area (Å²) in [5.74, 6) is 2.77. The SMILES string of the molecule is Cc1ccc2c(c1)Oc1ccccc1C(N1CCN(C(=O)CC(C)(C)C)CC1)=N2. The van der Waals surface area contributed by atoms with Crippen LogP contribution in [0.3, 0.4) is 0 Å². The first-order valence-electron chi connectivity index (χ1n) is 10.3. The number of carbonyl (C=O) groups is 1. The van der Waals surface area contributed by atoms with E-state index >= 15 is 0 Å². The van der Waals surface area contributed by atoms with Gasteiger partial charge in [0.15, 0.2) is 5.75 Å². The summed E-state index contributed by atoms with van der Waals surface area (Å²) >= 11 is 0. The summed E-state index contributed by atoms with van der Waals surface area (Å²) < 4.78 is 6.21. The summed E-state index contributed by atoms with van der Waals surface area (Å²) in [5, 5.41) is 0. The highest BCUT2D eigenvalue weighted by molar-refractivity contribution is 6.03. The molecular weight excluding hydrogens is 362 g/mol. The normalized spacial score (nSPS) is 16.3. The number of hydrogen-bond acceptors (Lipinski definition) is 4. The summed E-state index contributed by atoms with van der Waals surface area (Å²) in [6.07, 6.45) is 0.581. The molecule has 2 aliphatic rings. The fourth-order valence-corrected chi connectivity index (χ4v) is 3.80. The van der Waals surface area contributed by atoms with E-state index in [0.29, 0.717) is 6.42 Å². The second kappa shape index (κ2) is 7.54. The number of carbonyl (C=O) groups excluding carboxylic acids is 1. The molecule has 0 N–H and O–H groups in total. The van der Waals surface area contributed by atoms with Crippen LogP contribution in [0.25, 0.3) is 0 Å². The minimum absolute atomic E-state index is 0.0116. The van der Waals surface area contributed by atoms with E-state index in [1.54, 1.807) is 0 Å². The van der Waals surface area contributed by atoms with Gasteiger partial charge in [0.1, 0.15) is 17.3 Å². The zero-order chi connectivity index (χ0) is 20.6. The summed E-state index contributed by atoms with van der Waals surface area (Å²) in [6.45, 7) is 11.4.